The lowest BCUT2D eigenvalue weighted by atomic mass is 9.87. The van der Waals surface area contributed by atoms with Gasteiger partial charge in [-0.25, -0.2) is 9.97 Å². The van der Waals surface area contributed by atoms with Crippen molar-refractivity contribution in [1.29, 1.82) is 0 Å². The van der Waals surface area contributed by atoms with E-state index in [0.29, 0.717) is 25.1 Å². The Morgan fingerprint density at radius 3 is 2.65 bits per heavy atom. The van der Waals surface area contributed by atoms with Crippen molar-refractivity contribution in [3.05, 3.63) is 18.5 Å². The van der Waals surface area contributed by atoms with Crippen LogP contribution in [0.5, 0.6) is 0 Å². The summed E-state index contributed by atoms with van der Waals surface area (Å²) in [7, 11) is 0. The van der Waals surface area contributed by atoms with Gasteiger partial charge in [-0.1, -0.05) is 6.42 Å². The lowest BCUT2D eigenvalue weighted by molar-refractivity contribution is -0.718. The molecule has 140 valence electrons. The summed E-state index contributed by atoms with van der Waals surface area (Å²) < 4.78 is 0. The Morgan fingerprint density at radius 2 is 1.88 bits per heavy atom. The highest BCUT2D eigenvalue weighted by Crippen LogP contribution is 2.19. The van der Waals surface area contributed by atoms with Crippen LogP contribution in [0.15, 0.2) is 18.5 Å². The average Bonchev–Trinajstić information content (AvgIpc) is 2.69. The van der Waals surface area contributed by atoms with E-state index >= 15 is 0 Å². The summed E-state index contributed by atoms with van der Waals surface area (Å²) in [5, 5.41) is 5.29. The fraction of sp³-hybridized carbons (Fsp3) is 0.667. The van der Waals surface area contributed by atoms with E-state index in [4.69, 9.17) is 0 Å². The van der Waals surface area contributed by atoms with Gasteiger partial charge in [0.15, 0.2) is 6.04 Å². The number of fused-ring (bicyclic) bond motifs is 1. The van der Waals surface area contributed by atoms with Gasteiger partial charge >= 0.3 is 0 Å². The standard InChI is InChI=1S/C18H26N6O2/c25-16(12-15-17(26)22-14-5-2-1-4-13(14)21-15)23-8-10-24(11-9-23)18-19-6-3-7-20-18/h3,6-7,13-15,21H,1-2,4-5,8-12H2,(H,22,26)/p+1/t13-,14+,15+/m1/s1. The van der Waals surface area contributed by atoms with Crippen molar-refractivity contribution in [1.82, 2.24) is 20.2 Å². The quantitative estimate of drug-likeness (QED) is 0.714. The highest BCUT2D eigenvalue weighted by atomic mass is 16.2. The molecule has 3 atom stereocenters. The fourth-order valence-corrected chi connectivity index (χ4v) is 4.33. The lowest BCUT2D eigenvalue weighted by Gasteiger charge is -2.38. The first-order valence-corrected chi connectivity index (χ1v) is 9.66. The van der Waals surface area contributed by atoms with Crippen molar-refractivity contribution in [3.63, 3.8) is 0 Å². The number of amides is 2. The van der Waals surface area contributed by atoms with Gasteiger partial charge in [-0.05, 0) is 18.9 Å². The van der Waals surface area contributed by atoms with Gasteiger partial charge in [0, 0.05) is 45.0 Å². The Kier molecular flexibility index (Phi) is 5.01. The molecule has 3 fully saturated rings. The van der Waals surface area contributed by atoms with Crippen molar-refractivity contribution in [2.45, 2.75) is 50.2 Å². The van der Waals surface area contributed by atoms with E-state index in [-0.39, 0.29) is 30.3 Å². The summed E-state index contributed by atoms with van der Waals surface area (Å²) in [5.74, 6) is 0.810. The SMILES string of the molecule is O=C1N[C@H]2CCCC[C@H]2[NH2+][C@H]1CC(=O)N1CCN(c2ncccn2)CC1. The van der Waals surface area contributed by atoms with Crippen molar-refractivity contribution >= 4 is 17.8 Å². The number of rotatable bonds is 3. The molecule has 3 aliphatic rings. The zero-order valence-corrected chi connectivity index (χ0v) is 15.0. The van der Waals surface area contributed by atoms with E-state index in [0.717, 1.165) is 25.9 Å². The summed E-state index contributed by atoms with van der Waals surface area (Å²) in [4.78, 5) is 37.6. The Morgan fingerprint density at radius 1 is 1.15 bits per heavy atom. The Hall–Kier alpha value is -2.22. The second-order valence-electron chi connectivity index (χ2n) is 7.48. The van der Waals surface area contributed by atoms with E-state index in [1.807, 2.05) is 4.90 Å². The molecule has 3 N–H and O–H groups in total. The van der Waals surface area contributed by atoms with Crippen LogP contribution in [-0.2, 0) is 9.59 Å². The highest BCUT2D eigenvalue weighted by Gasteiger charge is 2.41. The van der Waals surface area contributed by atoms with Crippen LogP contribution in [-0.4, -0.2) is 71.0 Å². The zero-order chi connectivity index (χ0) is 17.9. The summed E-state index contributed by atoms with van der Waals surface area (Å²) in [5.41, 5.74) is 0. The minimum Gasteiger partial charge on any atom is -0.342 e. The van der Waals surface area contributed by atoms with Gasteiger partial charge in [-0.3, -0.25) is 9.59 Å². The molecule has 1 saturated carbocycles. The molecular formula is C18H27N6O2+. The lowest BCUT2D eigenvalue weighted by Crippen LogP contribution is -3.03. The maximum absolute atomic E-state index is 12.7. The van der Waals surface area contributed by atoms with Gasteiger partial charge in [-0.15, -0.1) is 0 Å². The van der Waals surface area contributed by atoms with Gasteiger partial charge in [0.2, 0.25) is 11.9 Å². The number of aromatic nitrogens is 2. The van der Waals surface area contributed by atoms with E-state index in [1.54, 1.807) is 18.5 Å². The smallest absolute Gasteiger partial charge is 0.279 e. The molecule has 2 saturated heterocycles. The second kappa shape index (κ2) is 7.57. The fourth-order valence-electron chi connectivity index (χ4n) is 4.33. The molecule has 8 heteroatoms. The molecule has 0 aromatic carbocycles. The Bertz CT molecular complexity index is 646. The van der Waals surface area contributed by atoms with Crippen LogP contribution in [0.1, 0.15) is 32.1 Å². The normalized spacial score (nSPS) is 29.1. The minimum absolute atomic E-state index is 0.0258. The first kappa shape index (κ1) is 17.2. The van der Waals surface area contributed by atoms with E-state index in [9.17, 15) is 9.59 Å². The molecular weight excluding hydrogens is 332 g/mol. The third kappa shape index (κ3) is 3.65. The van der Waals surface area contributed by atoms with Crippen LogP contribution in [0.3, 0.4) is 0 Å². The number of carbonyl (C=O) groups excluding carboxylic acids is 2. The molecule has 0 radical (unpaired) electrons. The maximum Gasteiger partial charge on any atom is 0.279 e. The number of quaternary nitrogens is 1. The first-order chi connectivity index (χ1) is 12.7. The molecule has 8 nitrogen and oxygen atoms in total. The van der Waals surface area contributed by atoms with Gasteiger partial charge in [-0.2, -0.15) is 0 Å². The van der Waals surface area contributed by atoms with Crippen molar-refractivity contribution < 1.29 is 14.9 Å². The second-order valence-corrected chi connectivity index (χ2v) is 7.48. The monoisotopic (exact) mass is 359 g/mol. The molecule has 2 aliphatic heterocycles. The summed E-state index contributed by atoms with van der Waals surface area (Å²) >= 11 is 0. The summed E-state index contributed by atoms with van der Waals surface area (Å²) in [6, 6.07) is 2.24. The molecule has 1 aliphatic carbocycles. The predicted molar refractivity (Wildman–Crippen MR) is 95.3 cm³/mol. The highest BCUT2D eigenvalue weighted by molar-refractivity contribution is 5.87. The molecule has 1 aromatic rings. The number of piperazine rings is 2. The summed E-state index contributed by atoms with van der Waals surface area (Å²) in [6.45, 7) is 2.75. The molecule has 3 heterocycles. The third-order valence-corrected chi connectivity index (χ3v) is 5.83. The topological polar surface area (TPSA) is 95.0 Å². The first-order valence-electron chi connectivity index (χ1n) is 9.66. The molecule has 26 heavy (non-hydrogen) atoms. The van der Waals surface area contributed by atoms with Crippen LogP contribution in [0.4, 0.5) is 5.95 Å². The van der Waals surface area contributed by atoms with E-state index in [1.165, 1.54) is 12.8 Å². The van der Waals surface area contributed by atoms with Crippen molar-refractivity contribution in [2.24, 2.45) is 0 Å². The van der Waals surface area contributed by atoms with Gasteiger partial charge < -0.3 is 20.4 Å². The van der Waals surface area contributed by atoms with Crippen LogP contribution in [0.2, 0.25) is 0 Å². The largest absolute Gasteiger partial charge is 0.342 e. The maximum atomic E-state index is 12.7. The minimum atomic E-state index is -0.280. The van der Waals surface area contributed by atoms with Gasteiger partial charge in [0.25, 0.3) is 5.91 Å². The zero-order valence-electron chi connectivity index (χ0n) is 15.0. The summed E-state index contributed by atoms with van der Waals surface area (Å²) in [6.07, 6.45) is 8.36. The Balaban J connectivity index is 1.29. The molecule has 0 bridgehead atoms. The van der Waals surface area contributed by atoms with Crippen LogP contribution < -0.4 is 15.5 Å². The van der Waals surface area contributed by atoms with Crippen LogP contribution in [0.25, 0.3) is 0 Å². The molecule has 0 unspecified atom stereocenters. The number of nitrogens with two attached hydrogens (primary N) is 1. The van der Waals surface area contributed by atoms with Gasteiger partial charge in [0.05, 0.1) is 12.5 Å². The molecule has 2 amide bonds. The number of anilines is 1. The number of hydrogen-bond donors (Lipinski definition) is 2. The number of carbonyl (C=O) groups is 2. The average molecular weight is 359 g/mol. The predicted octanol–water partition coefficient (Wildman–Crippen LogP) is -1.11. The van der Waals surface area contributed by atoms with Crippen molar-refractivity contribution in [2.75, 3.05) is 31.1 Å². The van der Waals surface area contributed by atoms with Gasteiger partial charge in [0.1, 0.15) is 6.04 Å². The molecule has 4 rings (SSSR count). The van der Waals surface area contributed by atoms with E-state index in [2.05, 4.69) is 25.5 Å². The number of nitrogens with zero attached hydrogens (tertiary/aromatic N) is 4. The Labute approximate surface area is 153 Å². The third-order valence-electron chi connectivity index (χ3n) is 5.83. The molecule has 0 spiro atoms. The van der Waals surface area contributed by atoms with Crippen LogP contribution >= 0.6 is 0 Å². The van der Waals surface area contributed by atoms with Crippen LogP contribution in [0, 0.1) is 0 Å². The number of hydrogen-bond acceptors (Lipinski definition) is 5. The molecule has 1 aromatic heterocycles. The van der Waals surface area contributed by atoms with E-state index < -0.39 is 0 Å². The number of nitrogens with one attached hydrogen (secondary N) is 1. The van der Waals surface area contributed by atoms with Crippen molar-refractivity contribution in [3.8, 4) is 0 Å².